The monoisotopic (exact) mass is 432 g/mol. The Morgan fingerprint density at radius 3 is 2.81 bits per heavy atom. The highest BCUT2D eigenvalue weighted by atomic mass is 19.3. The van der Waals surface area contributed by atoms with E-state index >= 15 is 0 Å². The largest absolute Gasteiger partial charge is 0.445 e. The maximum absolute atomic E-state index is 13.2. The predicted molar refractivity (Wildman–Crippen MR) is 106 cm³/mol. The van der Waals surface area contributed by atoms with Gasteiger partial charge in [0.2, 0.25) is 5.91 Å². The molecule has 1 saturated heterocycles. The topological polar surface area (TPSA) is 64.2 Å². The number of oxazole rings is 1. The minimum Gasteiger partial charge on any atom is -0.445 e. The standard InChI is InChI=1S/C22H23F3N4O2/c1-14-9-19(21(24)25)29(27-14)13-20(30)28-8-2-3-16(12-28)22-26-11-18(31-22)10-15-4-6-17(23)7-5-15/h4-7,9,11,16,21H,2-3,8,10,12-13H2,1H3/t16-/m0/s1. The number of benzene rings is 1. The maximum Gasteiger partial charge on any atom is 0.280 e. The summed E-state index contributed by atoms with van der Waals surface area (Å²) in [6, 6.07) is 7.49. The third-order valence-corrected chi connectivity index (χ3v) is 5.43. The van der Waals surface area contributed by atoms with E-state index in [0.29, 0.717) is 36.9 Å². The van der Waals surface area contributed by atoms with Crippen LogP contribution in [0.2, 0.25) is 0 Å². The lowest BCUT2D eigenvalue weighted by Crippen LogP contribution is -2.41. The molecular weight excluding hydrogens is 409 g/mol. The number of halogens is 3. The van der Waals surface area contributed by atoms with E-state index in [2.05, 4.69) is 10.1 Å². The lowest BCUT2D eigenvalue weighted by molar-refractivity contribution is -0.133. The molecule has 3 heterocycles. The van der Waals surface area contributed by atoms with Gasteiger partial charge in [0, 0.05) is 19.5 Å². The molecule has 31 heavy (non-hydrogen) atoms. The zero-order valence-electron chi connectivity index (χ0n) is 17.1. The Kier molecular flexibility index (Phi) is 6.11. The molecule has 1 aliphatic heterocycles. The van der Waals surface area contributed by atoms with Crippen LogP contribution in [-0.4, -0.2) is 38.7 Å². The van der Waals surface area contributed by atoms with E-state index in [1.807, 2.05) is 0 Å². The Morgan fingerprint density at radius 2 is 2.06 bits per heavy atom. The zero-order valence-corrected chi connectivity index (χ0v) is 17.1. The van der Waals surface area contributed by atoms with Crippen molar-refractivity contribution < 1.29 is 22.4 Å². The van der Waals surface area contributed by atoms with Gasteiger partial charge in [0.05, 0.1) is 17.8 Å². The average Bonchev–Trinajstić information content (AvgIpc) is 3.36. The number of amides is 1. The third-order valence-electron chi connectivity index (χ3n) is 5.43. The fraction of sp³-hybridized carbons (Fsp3) is 0.409. The smallest absolute Gasteiger partial charge is 0.280 e. The van der Waals surface area contributed by atoms with Crippen LogP contribution in [0.3, 0.4) is 0 Å². The van der Waals surface area contributed by atoms with E-state index in [-0.39, 0.29) is 29.9 Å². The maximum atomic E-state index is 13.2. The van der Waals surface area contributed by atoms with Crippen LogP contribution in [0.4, 0.5) is 13.2 Å². The number of hydrogen-bond donors (Lipinski definition) is 0. The van der Waals surface area contributed by atoms with Crippen molar-refractivity contribution in [3.05, 3.63) is 70.9 Å². The number of hydrogen-bond acceptors (Lipinski definition) is 4. The van der Waals surface area contributed by atoms with Crippen molar-refractivity contribution >= 4 is 5.91 Å². The van der Waals surface area contributed by atoms with Crippen molar-refractivity contribution in [2.45, 2.75) is 45.1 Å². The Labute approximate surface area is 177 Å². The number of rotatable bonds is 6. The highest BCUT2D eigenvalue weighted by molar-refractivity contribution is 5.76. The van der Waals surface area contributed by atoms with Gasteiger partial charge in [0.15, 0.2) is 5.89 Å². The first-order valence-electron chi connectivity index (χ1n) is 10.2. The second-order valence-electron chi connectivity index (χ2n) is 7.82. The first kappa shape index (κ1) is 21.1. The number of alkyl halides is 2. The molecule has 0 saturated carbocycles. The van der Waals surface area contributed by atoms with E-state index in [0.717, 1.165) is 23.1 Å². The van der Waals surface area contributed by atoms with Gasteiger partial charge in [-0.1, -0.05) is 12.1 Å². The number of aromatic nitrogens is 3. The van der Waals surface area contributed by atoms with Gasteiger partial charge >= 0.3 is 0 Å². The van der Waals surface area contributed by atoms with Crippen molar-refractivity contribution in [3.63, 3.8) is 0 Å². The molecule has 1 aliphatic rings. The van der Waals surface area contributed by atoms with E-state index in [1.54, 1.807) is 30.2 Å². The highest BCUT2D eigenvalue weighted by Gasteiger charge is 2.29. The molecule has 4 rings (SSSR count). The lowest BCUT2D eigenvalue weighted by Gasteiger charge is -2.31. The Balaban J connectivity index is 1.40. The van der Waals surface area contributed by atoms with Crippen LogP contribution in [-0.2, 0) is 17.8 Å². The molecule has 1 aromatic carbocycles. The SMILES string of the molecule is Cc1cc(C(F)F)n(CC(=O)N2CCC[C@H](c3ncc(Cc4ccc(F)cc4)o3)C2)n1. The van der Waals surface area contributed by atoms with Crippen LogP contribution in [0.1, 0.15) is 53.8 Å². The fourth-order valence-corrected chi connectivity index (χ4v) is 3.90. The van der Waals surface area contributed by atoms with Gasteiger partial charge in [-0.2, -0.15) is 5.10 Å². The molecule has 1 fully saturated rings. The summed E-state index contributed by atoms with van der Waals surface area (Å²) in [6.45, 7) is 2.37. The van der Waals surface area contributed by atoms with E-state index in [9.17, 15) is 18.0 Å². The van der Waals surface area contributed by atoms with Gasteiger partial charge in [-0.3, -0.25) is 9.48 Å². The van der Waals surface area contributed by atoms with Gasteiger partial charge in [0.25, 0.3) is 6.43 Å². The lowest BCUT2D eigenvalue weighted by atomic mass is 9.98. The van der Waals surface area contributed by atoms with E-state index in [4.69, 9.17) is 4.42 Å². The van der Waals surface area contributed by atoms with Crippen molar-refractivity contribution in [2.24, 2.45) is 0 Å². The number of carbonyl (C=O) groups is 1. The molecule has 6 nitrogen and oxygen atoms in total. The van der Waals surface area contributed by atoms with Crippen molar-refractivity contribution in [1.29, 1.82) is 0 Å². The molecule has 164 valence electrons. The summed E-state index contributed by atoms with van der Waals surface area (Å²) in [5.41, 5.74) is 1.11. The molecule has 1 atom stereocenters. The Hall–Kier alpha value is -3.10. The number of piperidine rings is 1. The van der Waals surface area contributed by atoms with Crippen LogP contribution in [0, 0.1) is 12.7 Å². The number of likely N-dealkylation sites (tertiary alicyclic amines) is 1. The van der Waals surface area contributed by atoms with Gasteiger partial charge < -0.3 is 9.32 Å². The molecule has 0 unspecified atom stereocenters. The molecule has 0 spiro atoms. The summed E-state index contributed by atoms with van der Waals surface area (Å²) < 4.78 is 46.4. The number of carbonyl (C=O) groups excluding carboxylic acids is 1. The number of aryl methyl sites for hydroxylation is 1. The highest BCUT2D eigenvalue weighted by Crippen LogP contribution is 2.28. The normalized spacial score (nSPS) is 16.8. The fourth-order valence-electron chi connectivity index (χ4n) is 3.90. The first-order valence-corrected chi connectivity index (χ1v) is 10.2. The predicted octanol–water partition coefficient (Wildman–Crippen LogP) is 4.25. The Morgan fingerprint density at radius 1 is 1.29 bits per heavy atom. The summed E-state index contributed by atoms with van der Waals surface area (Å²) in [5.74, 6) is 0.609. The van der Waals surface area contributed by atoms with E-state index < -0.39 is 6.43 Å². The summed E-state index contributed by atoms with van der Waals surface area (Å²) in [4.78, 5) is 18.8. The van der Waals surface area contributed by atoms with Crippen molar-refractivity contribution in [1.82, 2.24) is 19.7 Å². The molecule has 0 radical (unpaired) electrons. The first-order chi connectivity index (χ1) is 14.9. The molecule has 0 bridgehead atoms. The minimum atomic E-state index is -2.69. The third kappa shape index (κ3) is 4.98. The number of nitrogens with zero attached hydrogens (tertiary/aromatic N) is 4. The Bertz CT molecular complexity index is 1050. The van der Waals surface area contributed by atoms with Crippen molar-refractivity contribution in [2.75, 3.05) is 13.1 Å². The molecular formula is C22H23F3N4O2. The molecule has 2 aromatic heterocycles. The molecule has 3 aromatic rings. The van der Waals surface area contributed by atoms with E-state index in [1.165, 1.54) is 18.2 Å². The molecule has 0 N–H and O–H groups in total. The second kappa shape index (κ2) is 8.95. The van der Waals surface area contributed by atoms with Gasteiger partial charge in [0.1, 0.15) is 23.8 Å². The van der Waals surface area contributed by atoms with Crippen LogP contribution < -0.4 is 0 Å². The molecule has 1 amide bonds. The van der Waals surface area contributed by atoms with Gasteiger partial charge in [-0.15, -0.1) is 0 Å². The quantitative estimate of drug-likeness (QED) is 0.584. The summed E-state index contributed by atoms with van der Waals surface area (Å²) in [5, 5.41) is 4.03. The van der Waals surface area contributed by atoms with Crippen LogP contribution in [0.15, 0.2) is 40.9 Å². The van der Waals surface area contributed by atoms with Crippen LogP contribution in [0.25, 0.3) is 0 Å². The summed E-state index contributed by atoms with van der Waals surface area (Å²) >= 11 is 0. The van der Waals surface area contributed by atoms with Gasteiger partial charge in [-0.25, -0.2) is 18.2 Å². The summed E-state index contributed by atoms with van der Waals surface area (Å²) in [6.07, 6.45) is 1.06. The second-order valence-corrected chi connectivity index (χ2v) is 7.82. The summed E-state index contributed by atoms with van der Waals surface area (Å²) in [7, 11) is 0. The van der Waals surface area contributed by atoms with Crippen molar-refractivity contribution in [3.8, 4) is 0 Å². The zero-order chi connectivity index (χ0) is 22.0. The average molecular weight is 432 g/mol. The van der Waals surface area contributed by atoms with Gasteiger partial charge in [-0.05, 0) is 43.5 Å². The molecule has 0 aliphatic carbocycles. The minimum absolute atomic E-state index is 0.0615. The molecule has 9 heteroatoms. The van der Waals surface area contributed by atoms with Crippen LogP contribution >= 0.6 is 0 Å². The van der Waals surface area contributed by atoms with Crippen LogP contribution in [0.5, 0.6) is 0 Å².